The summed E-state index contributed by atoms with van der Waals surface area (Å²) in [5, 5.41) is 0.647. The van der Waals surface area contributed by atoms with E-state index >= 15 is 0 Å². The second-order valence-electron chi connectivity index (χ2n) is 4.80. The van der Waals surface area contributed by atoms with Gasteiger partial charge in [0.1, 0.15) is 5.82 Å². The predicted octanol–water partition coefficient (Wildman–Crippen LogP) is 5.07. The van der Waals surface area contributed by atoms with Gasteiger partial charge in [0.2, 0.25) is 0 Å². The molecule has 21 heavy (non-hydrogen) atoms. The maximum absolute atomic E-state index is 13.4. The van der Waals surface area contributed by atoms with E-state index in [1.165, 1.54) is 12.1 Å². The average Bonchev–Trinajstić information content (AvgIpc) is 2.44. The van der Waals surface area contributed by atoms with Crippen LogP contribution in [0.15, 0.2) is 46.9 Å². The quantitative estimate of drug-likeness (QED) is 0.738. The highest BCUT2D eigenvalue weighted by molar-refractivity contribution is 9.10. The SMILES string of the molecule is CC(c1ccc(Cl)cc1)N(C)C(=O)c1cc(F)cc(Br)c1. The molecule has 0 radical (unpaired) electrons. The number of halogens is 3. The van der Waals surface area contributed by atoms with Gasteiger partial charge in [-0.15, -0.1) is 0 Å². The molecule has 0 saturated heterocycles. The molecule has 0 N–H and O–H groups in total. The lowest BCUT2D eigenvalue weighted by atomic mass is 10.1. The molecule has 1 amide bonds. The number of benzene rings is 2. The topological polar surface area (TPSA) is 20.3 Å². The number of amides is 1. The van der Waals surface area contributed by atoms with Gasteiger partial charge >= 0.3 is 0 Å². The van der Waals surface area contributed by atoms with Crippen molar-refractivity contribution in [3.63, 3.8) is 0 Å². The van der Waals surface area contributed by atoms with Crippen LogP contribution in [0.1, 0.15) is 28.9 Å². The third-order valence-corrected chi connectivity index (χ3v) is 4.07. The van der Waals surface area contributed by atoms with Crippen molar-refractivity contribution in [3.8, 4) is 0 Å². The molecular formula is C16H14BrClFNO. The van der Waals surface area contributed by atoms with E-state index < -0.39 is 5.82 Å². The second kappa shape index (κ2) is 6.58. The standard InChI is InChI=1S/C16H14BrClFNO/c1-10(11-3-5-14(18)6-4-11)20(2)16(21)12-7-13(17)9-15(19)8-12/h3-10H,1-2H3. The molecule has 110 valence electrons. The molecule has 2 nitrogen and oxygen atoms in total. The zero-order valence-electron chi connectivity index (χ0n) is 11.6. The van der Waals surface area contributed by atoms with Crippen LogP contribution in [0.2, 0.25) is 5.02 Å². The van der Waals surface area contributed by atoms with Crippen molar-refractivity contribution >= 4 is 33.4 Å². The molecule has 0 aromatic heterocycles. The van der Waals surface area contributed by atoms with E-state index in [2.05, 4.69) is 15.9 Å². The summed E-state index contributed by atoms with van der Waals surface area (Å²) in [7, 11) is 1.69. The van der Waals surface area contributed by atoms with Crippen LogP contribution in [-0.4, -0.2) is 17.9 Å². The number of rotatable bonds is 3. The van der Waals surface area contributed by atoms with Crippen molar-refractivity contribution < 1.29 is 9.18 Å². The van der Waals surface area contributed by atoms with E-state index in [4.69, 9.17) is 11.6 Å². The minimum Gasteiger partial charge on any atom is -0.335 e. The van der Waals surface area contributed by atoms with Gasteiger partial charge in [0.25, 0.3) is 5.91 Å². The number of hydrogen-bond donors (Lipinski definition) is 0. The molecule has 0 aliphatic rings. The van der Waals surface area contributed by atoms with Crippen molar-refractivity contribution in [2.24, 2.45) is 0 Å². The van der Waals surface area contributed by atoms with E-state index in [1.54, 1.807) is 30.1 Å². The lowest BCUT2D eigenvalue weighted by molar-refractivity contribution is 0.0742. The van der Waals surface area contributed by atoms with E-state index in [0.717, 1.165) is 5.56 Å². The van der Waals surface area contributed by atoms with Crippen LogP contribution >= 0.6 is 27.5 Å². The molecule has 2 aromatic carbocycles. The van der Waals surface area contributed by atoms with Crippen LogP contribution in [0.25, 0.3) is 0 Å². The largest absolute Gasteiger partial charge is 0.335 e. The summed E-state index contributed by atoms with van der Waals surface area (Å²) < 4.78 is 13.9. The molecule has 2 aromatic rings. The van der Waals surface area contributed by atoms with Crippen LogP contribution < -0.4 is 0 Å². The van der Waals surface area contributed by atoms with Gasteiger partial charge in [-0.3, -0.25) is 4.79 Å². The Bertz CT molecular complexity index is 640. The van der Waals surface area contributed by atoms with Gasteiger partial charge < -0.3 is 4.90 Å². The maximum Gasteiger partial charge on any atom is 0.254 e. The first-order valence-corrected chi connectivity index (χ1v) is 7.54. The Hall–Kier alpha value is -1.39. The van der Waals surface area contributed by atoms with E-state index in [9.17, 15) is 9.18 Å². The third kappa shape index (κ3) is 3.83. The van der Waals surface area contributed by atoms with Gasteiger partial charge in [-0.1, -0.05) is 39.7 Å². The molecule has 0 saturated carbocycles. The lowest BCUT2D eigenvalue weighted by Gasteiger charge is -2.25. The zero-order chi connectivity index (χ0) is 15.6. The normalized spacial score (nSPS) is 12.0. The highest BCUT2D eigenvalue weighted by Crippen LogP contribution is 2.23. The van der Waals surface area contributed by atoms with Crippen LogP contribution in [0.5, 0.6) is 0 Å². The smallest absolute Gasteiger partial charge is 0.254 e. The summed E-state index contributed by atoms with van der Waals surface area (Å²) in [5.74, 6) is -0.682. The summed E-state index contributed by atoms with van der Waals surface area (Å²) in [4.78, 5) is 14.0. The predicted molar refractivity (Wildman–Crippen MR) is 86.1 cm³/mol. The zero-order valence-corrected chi connectivity index (χ0v) is 14.0. The first-order valence-electron chi connectivity index (χ1n) is 6.37. The summed E-state index contributed by atoms with van der Waals surface area (Å²) in [6, 6.07) is 11.3. The highest BCUT2D eigenvalue weighted by Gasteiger charge is 2.19. The second-order valence-corrected chi connectivity index (χ2v) is 6.15. The third-order valence-electron chi connectivity index (χ3n) is 3.36. The van der Waals surface area contributed by atoms with Gasteiger partial charge in [-0.25, -0.2) is 4.39 Å². The average molecular weight is 371 g/mol. The summed E-state index contributed by atoms with van der Waals surface area (Å²) in [6.45, 7) is 1.91. The van der Waals surface area contributed by atoms with E-state index in [-0.39, 0.29) is 11.9 Å². The minimum absolute atomic E-state index is 0.142. The Morgan fingerprint density at radius 2 is 1.86 bits per heavy atom. The van der Waals surface area contributed by atoms with E-state index in [1.807, 2.05) is 19.1 Å². The number of carbonyl (C=O) groups is 1. The molecule has 5 heteroatoms. The van der Waals surface area contributed by atoms with Crippen LogP contribution in [-0.2, 0) is 0 Å². The fourth-order valence-corrected chi connectivity index (χ4v) is 2.61. The number of carbonyl (C=O) groups excluding carboxylic acids is 1. The molecule has 0 aliphatic carbocycles. The summed E-state index contributed by atoms with van der Waals surface area (Å²) >= 11 is 9.06. The Morgan fingerprint density at radius 1 is 1.24 bits per heavy atom. The fourth-order valence-electron chi connectivity index (χ4n) is 2.02. The van der Waals surface area contributed by atoms with Crippen LogP contribution in [0.4, 0.5) is 4.39 Å². The summed E-state index contributed by atoms with van der Waals surface area (Å²) in [6.07, 6.45) is 0. The maximum atomic E-state index is 13.4. The molecule has 0 aliphatic heterocycles. The summed E-state index contributed by atoms with van der Waals surface area (Å²) in [5.41, 5.74) is 1.27. The van der Waals surface area contributed by atoms with Gasteiger partial charge in [0.15, 0.2) is 0 Å². The molecule has 0 bridgehead atoms. The van der Waals surface area contributed by atoms with Crippen molar-refractivity contribution in [2.75, 3.05) is 7.05 Å². The lowest BCUT2D eigenvalue weighted by Crippen LogP contribution is -2.29. The van der Waals surface area contributed by atoms with Gasteiger partial charge in [-0.05, 0) is 42.8 Å². The van der Waals surface area contributed by atoms with Gasteiger partial charge in [-0.2, -0.15) is 0 Å². The van der Waals surface area contributed by atoms with Crippen molar-refractivity contribution in [2.45, 2.75) is 13.0 Å². The number of nitrogens with zero attached hydrogens (tertiary/aromatic N) is 1. The number of hydrogen-bond acceptors (Lipinski definition) is 1. The molecule has 2 rings (SSSR count). The van der Waals surface area contributed by atoms with E-state index in [0.29, 0.717) is 15.1 Å². The fraction of sp³-hybridized carbons (Fsp3) is 0.188. The minimum atomic E-state index is -0.444. The first-order chi connectivity index (χ1) is 9.88. The Morgan fingerprint density at radius 3 is 2.43 bits per heavy atom. The Balaban J connectivity index is 2.23. The molecule has 1 atom stereocenters. The molecule has 0 heterocycles. The van der Waals surface area contributed by atoms with Crippen molar-refractivity contribution in [1.82, 2.24) is 4.90 Å². The highest BCUT2D eigenvalue weighted by atomic mass is 79.9. The Labute approximate surface area is 136 Å². The van der Waals surface area contributed by atoms with Gasteiger partial charge in [0.05, 0.1) is 6.04 Å². The first kappa shape index (κ1) is 16.0. The van der Waals surface area contributed by atoms with Crippen molar-refractivity contribution in [3.05, 3.63) is 68.9 Å². The van der Waals surface area contributed by atoms with Crippen LogP contribution in [0, 0.1) is 5.82 Å². The Kier molecular flexibility index (Phi) is 5.01. The van der Waals surface area contributed by atoms with Gasteiger partial charge in [0, 0.05) is 22.1 Å². The molecule has 0 spiro atoms. The monoisotopic (exact) mass is 369 g/mol. The molecule has 0 fully saturated rings. The van der Waals surface area contributed by atoms with Crippen LogP contribution in [0.3, 0.4) is 0 Å². The van der Waals surface area contributed by atoms with Crippen molar-refractivity contribution in [1.29, 1.82) is 0 Å². The molecular weight excluding hydrogens is 357 g/mol. The molecule has 1 unspecified atom stereocenters.